The highest BCUT2D eigenvalue weighted by atomic mass is 32.2. The van der Waals surface area contributed by atoms with E-state index >= 15 is 0 Å². The van der Waals surface area contributed by atoms with Crippen molar-refractivity contribution in [3.63, 3.8) is 0 Å². The minimum absolute atomic E-state index is 0.0209. The maximum Gasteiger partial charge on any atom is 0.407 e. The molecule has 3 aromatic carbocycles. The number of benzene rings is 3. The molecule has 0 heterocycles. The average molecular weight is 585 g/mol. The monoisotopic (exact) mass is 584 g/mol. The summed E-state index contributed by atoms with van der Waals surface area (Å²) in [4.78, 5) is 25.2. The van der Waals surface area contributed by atoms with Crippen molar-refractivity contribution < 1.29 is 27.9 Å². The van der Waals surface area contributed by atoms with E-state index in [2.05, 4.69) is 10.6 Å². The van der Waals surface area contributed by atoms with Gasteiger partial charge in [0.25, 0.3) is 0 Å². The summed E-state index contributed by atoms with van der Waals surface area (Å²) in [5.41, 5.74) is 7.05. The Kier molecular flexibility index (Phi) is 11.5. The lowest BCUT2D eigenvalue weighted by Crippen LogP contribution is -2.48. The van der Waals surface area contributed by atoms with Crippen LogP contribution in [0.2, 0.25) is 0 Å². The molecule has 10 nitrogen and oxygen atoms in total. The molecule has 2 unspecified atom stereocenters. The molecule has 3 rings (SSSR count). The molecule has 0 aromatic heterocycles. The van der Waals surface area contributed by atoms with Crippen LogP contribution in [-0.2, 0) is 26.0 Å². The average Bonchev–Trinajstić information content (AvgIpc) is 2.95. The molecule has 5 N–H and O–H groups in total. The van der Waals surface area contributed by atoms with E-state index in [4.69, 9.17) is 10.5 Å². The fraction of sp³-hybridized carbons (Fsp3) is 0.400. The van der Waals surface area contributed by atoms with Crippen LogP contribution in [0.5, 0.6) is 0 Å². The van der Waals surface area contributed by atoms with E-state index in [0.717, 1.165) is 16.3 Å². The summed E-state index contributed by atoms with van der Waals surface area (Å²) in [6.45, 7) is 3.89. The predicted octanol–water partition coefficient (Wildman–Crippen LogP) is 3.29. The SMILES string of the molecule is COC(=O)NC(Cc1ccc2ccccc2c1)C(=O)NCCCC(CO)N(CC(C)C)S(=O)(=O)c1ccc(N)cc1. The molecule has 41 heavy (non-hydrogen) atoms. The van der Waals surface area contributed by atoms with Gasteiger partial charge in [-0.1, -0.05) is 56.3 Å². The zero-order valence-corrected chi connectivity index (χ0v) is 24.6. The first-order valence-electron chi connectivity index (χ1n) is 13.6. The first-order valence-corrected chi connectivity index (χ1v) is 15.1. The number of sulfonamides is 1. The predicted molar refractivity (Wildman–Crippen MR) is 160 cm³/mol. The molecule has 0 aliphatic heterocycles. The first-order chi connectivity index (χ1) is 19.5. The molecule has 0 saturated carbocycles. The summed E-state index contributed by atoms with van der Waals surface area (Å²) in [6, 6.07) is 18.1. The Hall–Kier alpha value is -3.67. The van der Waals surface area contributed by atoms with Gasteiger partial charge >= 0.3 is 6.09 Å². The van der Waals surface area contributed by atoms with Crippen LogP contribution in [-0.4, -0.2) is 68.7 Å². The highest BCUT2D eigenvalue weighted by molar-refractivity contribution is 7.89. The maximum atomic E-state index is 13.4. The van der Waals surface area contributed by atoms with Crippen molar-refractivity contribution in [2.24, 2.45) is 5.92 Å². The lowest BCUT2D eigenvalue weighted by atomic mass is 10.0. The van der Waals surface area contributed by atoms with Gasteiger partial charge in [0, 0.05) is 31.2 Å². The fourth-order valence-corrected chi connectivity index (χ4v) is 6.40. The Morgan fingerprint density at radius 3 is 2.34 bits per heavy atom. The number of nitrogens with two attached hydrogens (primary N) is 1. The van der Waals surface area contributed by atoms with Crippen LogP contribution in [0.1, 0.15) is 32.3 Å². The van der Waals surface area contributed by atoms with Crippen molar-refractivity contribution in [1.82, 2.24) is 14.9 Å². The summed E-state index contributed by atoms with van der Waals surface area (Å²) in [5.74, 6) is -0.370. The Bertz CT molecular complexity index is 1410. The van der Waals surface area contributed by atoms with Crippen molar-refractivity contribution >= 4 is 38.5 Å². The molecule has 0 aliphatic rings. The molecule has 2 amide bonds. The minimum Gasteiger partial charge on any atom is -0.453 e. The van der Waals surface area contributed by atoms with Crippen LogP contribution >= 0.6 is 0 Å². The summed E-state index contributed by atoms with van der Waals surface area (Å²) in [5, 5.41) is 17.7. The molecule has 0 spiro atoms. The lowest BCUT2D eigenvalue weighted by Gasteiger charge is -2.31. The summed E-state index contributed by atoms with van der Waals surface area (Å²) >= 11 is 0. The molecule has 0 radical (unpaired) electrons. The van der Waals surface area contributed by atoms with Gasteiger partial charge in [0.1, 0.15) is 6.04 Å². The Balaban J connectivity index is 1.65. The standard InChI is InChI=1S/C30H40N4O6S/c1-21(2)19-34(41(38,39)27-14-12-25(31)13-15-27)26(20-35)9-6-16-32-29(36)28(33-30(37)40-3)18-22-10-11-23-7-4-5-8-24(23)17-22/h4-5,7-8,10-15,17,21,26,28,35H,6,9,16,18-20,31H2,1-3H3,(H,32,36)(H,33,37). The quantitative estimate of drug-likeness (QED) is 0.168. The number of carbonyl (C=O) groups excluding carboxylic acids is 2. The van der Waals surface area contributed by atoms with E-state index in [1.54, 1.807) is 0 Å². The molecule has 11 heteroatoms. The first kappa shape index (κ1) is 31.9. The number of anilines is 1. The van der Waals surface area contributed by atoms with Crippen molar-refractivity contribution in [1.29, 1.82) is 0 Å². The number of carbonyl (C=O) groups is 2. The van der Waals surface area contributed by atoms with E-state index in [1.165, 1.54) is 35.7 Å². The third-order valence-electron chi connectivity index (χ3n) is 6.71. The van der Waals surface area contributed by atoms with Crippen molar-refractivity contribution in [2.45, 2.75) is 50.1 Å². The number of nitrogens with one attached hydrogen (secondary N) is 2. The Morgan fingerprint density at radius 2 is 1.71 bits per heavy atom. The van der Waals surface area contributed by atoms with Crippen LogP contribution < -0.4 is 16.4 Å². The third-order valence-corrected chi connectivity index (χ3v) is 8.64. The van der Waals surface area contributed by atoms with Gasteiger partial charge in [-0.25, -0.2) is 13.2 Å². The molecular weight excluding hydrogens is 544 g/mol. The number of nitrogens with zero attached hydrogens (tertiary/aromatic N) is 1. The lowest BCUT2D eigenvalue weighted by molar-refractivity contribution is -0.123. The zero-order valence-electron chi connectivity index (χ0n) is 23.7. The van der Waals surface area contributed by atoms with Gasteiger partial charge in [-0.05, 0) is 59.4 Å². The van der Waals surface area contributed by atoms with Crippen LogP contribution in [0.25, 0.3) is 10.8 Å². The largest absolute Gasteiger partial charge is 0.453 e. The second kappa shape index (κ2) is 14.8. The van der Waals surface area contributed by atoms with Gasteiger partial charge in [0.05, 0.1) is 18.6 Å². The van der Waals surface area contributed by atoms with E-state index in [9.17, 15) is 23.1 Å². The van der Waals surface area contributed by atoms with Crippen LogP contribution in [0.3, 0.4) is 0 Å². The number of hydrogen-bond acceptors (Lipinski definition) is 7. The topological polar surface area (TPSA) is 151 Å². The maximum absolute atomic E-state index is 13.4. The molecule has 0 bridgehead atoms. The fourth-order valence-electron chi connectivity index (χ4n) is 4.59. The summed E-state index contributed by atoms with van der Waals surface area (Å²) in [6.07, 6.45) is 0.261. The van der Waals surface area contributed by atoms with Gasteiger partial charge in [0.15, 0.2) is 0 Å². The van der Waals surface area contributed by atoms with E-state index in [1.807, 2.05) is 56.3 Å². The number of fused-ring (bicyclic) bond motifs is 1. The third kappa shape index (κ3) is 8.91. The molecular formula is C30H40N4O6S. The number of ether oxygens (including phenoxy) is 1. The number of aliphatic hydroxyl groups is 1. The van der Waals surface area contributed by atoms with Crippen molar-refractivity contribution in [3.8, 4) is 0 Å². The number of aliphatic hydroxyl groups excluding tert-OH is 1. The van der Waals surface area contributed by atoms with Crippen molar-refractivity contribution in [3.05, 3.63) is 72.3 Å². The highest BCUT2D eigenvalue weighted by Gasteiger charge is 2.31. The zero-order chi connectivity index (χ0) is 30.0. The van der Waals surface area contributed by atoms with Gasteiger partial charge in [-0.2, -0.15) is 4.31 Å². The van der Waals surface area contributed by atoms with Gasteiger partial charge in [-0.3, -0.25) is 4.79 Å². The van der Waals surface area contributed by atoms with Crippen LogP contribution in [0, 0.1) is 5.92 Å². The van der Waals surface area contributed by atoms with E-state index < -0.39 is 34.1 Å². The van der Waals surface area contributed by atoms with Gasteiger partial charge < -0.3 is 26.2 Å². The number of alkyl carbamates (subject to hydrolysis) is 1. The summed E-state index contributed by atoms with van der Waals surface area (Å²) < 4.78 is 32.9. The van der Waals surface area contributed by atoms with Crippen molar-refractivity contribution in [2.75, 3.05) is 32.5 Å². The molecule has 2 atom stereocenters. The molecule has 222 valence electrons. The molecule has 0 saturated heterocycles. The number of nitrogen functional groups attached to an aromatic ring is 1. The second-order valence-electron chi connectivity index (χ2n) is 10.4. The van der Waals surface area contributed by atoms with Gasteiger partial charge in [-0.15, -0.1) is 0 Å². The molecule has 3 aromatic rings. The number of rotatable bonds is 14. The van der Waals surface area contributed by atoms with E-state index in [0.29, 0.717) is 18.5 Å². The normalized spacial score (nSPS) is 13.2. The second-order valence-corrected chi connectivity index (χ2v) is 12.3. The minimum atomic E-state index is -3.89. The van der Waals surface area contributed by atoms with E-state index in [-0.39, 0.29) is 36.9 Å². The number of methoxy groups -OCH3 is 1. The number of hydrogen-bond donors (Lipinski definition) is 4. The van der Waals surface area contributed by atoms with Gasteiger partial charge in [0.2, 0.25) is 15.9 Å². The highest BCUT2D eigenvalue weighted by Crippen LogP contribution is 2.23. The van der Waals surface area contributed by atoms with Crippen LogP contribution in [0.15, 0.2) is 71.6 Å². The number of amides is 2. The summed E-state index contributed by atoms with van der Waals surface area (Å²) in [7, 11) is -2.66. The Labute approximate surface area is 241 Å². The Morgan fingerprint density at radius 1 is 1.02 bits per heavy atom. The molecule has 0 aliphatic carbocycles. The smallest absolute Gasteiger partial charge is 0.407 e. The van der Waals surface area contributed by atoms with Crippen LogP contribution in [0.4, 0.5) is 10.5 Å². The molecule has 0 fully saturated rings.